The average Bonchev–Trinajstić information content (AvgIpc) is 3.56. The van der Waals surface area contributed by atoms with Crippen molar-refractivity contribution in [2.75, 3.05) is 30.7 Å². The molecule has 2 unspecified atom stereocenters. The van der Waals surface area contributed by atoms with E-state index < -0.39 is 17.8 Å². The Morgan fingerprint density at radius 3 is 2.44 bits per heavy atom. The summed E-state index contributed by atoms with van der Waals surface area (Å²) in [6.07, 6.45) is 4.03. The van der Waals surface area contributed by atoms with E-state index >= 15 is 0 Å². The highest BCUT2D eigenvalue weighted by Gasteiger charge is 2.44. The van der Waals surface area contributed by atoms with Gasteiger partial charge in [-0.15, -0.1) is 0 Å². The van der Waals surface area contributed by atoms with Crippen LogP contribution < -0.4 is 16.4 Å². The Morgan fingerprint density at radius 2 is 1.82 bits per heavy atom. The van der Waals surface area contributed by atoms with Crippen LogP contribution in [0.2, 0.25) is 5.02 Å². The summed E-state index contributed by atoms with van der Waals surface area (Å²) in [5, 5.41) is 19.5. The topological polar surface area (TPSA) is 143 Å². The number of halogens is 2. The number of hydrogen-bond acceptors (Lipinski definition) is 5. The van der Waals surface area contributed by atoms with Crippen molar-refractivity contribution in [1.82, 2.24) is 20.0 Å². The molecule has 3 fully saturated rings. The average molecular weight is 561 g/mol. The molecule has 39 heavy (non-hydrogen) atoms. The first-order valence-corrected chi connectivity index (χ1v) is 13.8. The van der Waals surface area contributed by atoms with Crippen molar-refractivity contribution in [3.05, 3.63) is 40.3 Å². The van der Waals surface area contributed by atoms with Gasteiger partial charge in [-0.05, 0) is 74.5 Å². The van der Waals surface area contributed by atoms with E-state index in [2.05, 4.69) is 15.7 Å². The summed E-state index contributed by atoms with van der Waals surface area (Å²) in [6, 6.07) is 4.01. The molecule has 5 rings (SSSR count). The lowest BCUT2D eigenvalue weighted by Gasteiger charge is -2.29. The second-order valence-corrected chi connectivity index (χ2v) is 11.6. The van der Waals surface area contributed by atoms with Crippen LogP contribution in [0.1, 0.15) is 60.5 Å². The number of carboxylic acid groups (broad SMARTS) is 1. The molecule has 2 saturated carbocycles. The number of nitrogens with two attached hydrogens (primary N) is 1. The zero-order valence-electron chi connectivity index (χ0n) is 21.8. The van der Waals surface area contributed by atoms with Gasteiger partial charge in [-0.2, -0.15) is 5.10 Å². The van der Waals surface area contributed by atoms with Gasteiger partial charge in [-0.1, -0.05) is 11.6 Å². The van der Waals surface area contributed by atoms with Crippen molar-refractivity contribution in [3.63, 3.8) is 0 Å². The molecule has 1 aromatic heterocycles. The number of fused-ring (bicyclic) bond motifs is 1. The minimum Gasteiger partial charge on any atom is -0.465 e. The molecule has 5 N–H and O–H groups in total. The highest BCUT2D eigenvalue weighted by molar-refractivity contribution is 6.31. The largest absolute Gasteiger partial charge is 0.465 e. The maximum atomic E-state index is 13.5. The van der Waals surface area contributed by atoms with Gasteiger partial charge in [0.15, 0.2) is 0 Å². The smallest absolute Gasteiger partial charge is 0.407 e. The summed E-state index contributed by atoms with van der Waals surface area (Å²) in [7, 11) is 1.71. The van der Waals surface area contributed by atoms with E-state index in [0.717, 1.165) is 25.7 Å². The summed E-state index contributed by atoms with van der Waals surface area (Å²) < 4.78 is 15.1. The van der Waals surface area contributed by atoms with Gasteiger partial charge in [-0.25, -0.2) is 9.18 Å². The second kappa shape index (κ2) is 11.0. The summed E-state index contributed by atoms with van der Waals surface area (Å²) >= 11 is 5.86. The number of carbonyl (C=O) groups is 3. The predicted molar refractivity (Wildman–Crippen MR) is 144 cm³/mol. The summed E-state index contributed by atoms with van der Waals surface area (Å²) in [4.78, 5) is 38.3. The van der Waals surface area contributed by atoms with Crippen LogP contribution in [0.25, 0.3) is 0 Å². The molecule has 1 saturated heterocycles. The van der Waals surface area contributed by atoms with E-state index in [-0.39, 0.29) is 28.6 Å². The van der Waals surface area contributed by atoms with Gasteiger partial charge in [-0.3, -0.25) is 14.3 Å². The number of likely N-dealkylation sites (tertiary alicyclic amines) is 1. The van der Waals surface area contributed by atoms with Crippen LogP contribution in [-0.4, -0.2) is 57.3 Å². The van der Waals surface area contributed by atoms with Gasteiger partial charge >= 0.3 is 6.09 Å². The number of benzene rings is 1. The van der Waals surface area contributed by atoms with Crippen LogP contribution in [-0.2, 0) is 11.8 Å². The number of hydrogen-bond donors (Lipinski definition) is 4. The minimum atomic E-state index is -0.927. The Hall–Kier alpha value is -3.34. The number of aromatic nitrogens is 2. The van der Waals surface area contributed by atoms with Crippen molar-refractivity contribution >= 4 is 41.0 Å². The second-order valence-electron chi connectivity index (χ2n) is 11.2. The summed E-state index contributed by atoms with van der Waals surface area (Å²) in [5.74, 6) is 0.713. The Labute approximate surface area is 231 Å². The van der Waals surface area contributed by atoms with Crippen LogP contribution in [0.5, 0.6) is 0 Å². The normalized spacial score (nSPS) is 24.9. The van der Waals surface area contributed by atoms with Gasteiger partial charge in [0.2, 0.25) is 5.91 Å². The van der Waals surface area contributed by atoms with Crippen LogP contribution in [0, 0.1) is 29.5 Å². The third-order valence-electron chi connectivity index (χ3n) is 8.72. The van der Waals surface area contributed by atoms with Crippen LogP contribution in [0.4, 0.5) is 20.7 Å². The number of nitrogens with one attached hydrogen (secondary N) is 2. The van der Waals surface area contributed by atoms with Gasteiger partial charge < -0.3 is 26.4 Å². The maximum absolute atomic E-state index is 13.5. The molecule has 0 bridgehead atoms. The number of amides is 3. The van der Waals surface area contributed by atoms with E-state index in [1.165, 1.54) is 27.8 Å². The number of aryl methyl sites for hydroxylation is 1. The molecule has 1 aromatic carbocycles. The number of nitrogens with zero attached hydrogens (tertiary/aromatic N) is 3. The molecular formula is C27H34ClFN6O4. The van der Waals surface area contributed by atoms with Crippen LogP contribution >= 0.6 is 11.6 Å². The Kier molecular flexibility index (Phi) is 7.70. The fourth-order valence-electron chi connectivity index (χ4n) is 6.70. The minimum absolute atomic E-state index is 0.0250. The van der Waals surface area contributed by atoms with E-state index in [1.807, 2.05) is 0 Å². The standard InChI is InChI=1S/C27H34ClFN6O4/c1-34-24(30)22(26(37)32-19-2-3-21(29)20(28)12-19)23(33-34)18-10-16-8-14(9-17(16)11-18)13-31-25(36)15-4-6-35(7-5-15)27(38)39/h2-3,12,14-18H,4-11,13,30H2,1H3,(H,31,36)(H,32,37)(H,38,39). The van der Waals surface area contributed by atoms with E-state index in [4.69, 9.17) is 22.4 Å². The molecule has 2 aliphatic carbocycles. The Morgan fingerprint density at radius 1 is 1.15 bits per heavy atom. The number of carbonyl (C=O) groups excluding carboxylic acids is 2. The molecule has 2 atom stereocenters. The van der Waals surface area contributed by atoms with Crippen molar-refractivity contribution in [1.29, 1.82) is 0 Å². The molecule has 3 aliphatic rings. The molecule has 2 aromatic rings. The fraction of sp³-hybridized carbons (Fsp3) is 0.556. The van der Waals surface area contributed by atoms with Crippen molar-refractivity contribution in [2.45, 2.75) is 44.4 Å². The zero-order chi connectivity index (χ0) is 27.8. The predicted octanol–water partition coefficient (Wildman–Crippen LogP) is 4.07. The van der Waals surface area contributed by atoms with Gasteiger partial charge in [0, 0.05) is 44.2 Å². The lowest BCUT2D eigenvalue weighted by molar-refractivity contribution is -0.126. The first kappa shape index (κ1) is 27.2. The number of rotatable bonds is 6. The lowest BCUT2D eigenvalue weighted by Crippen LogP contribution is -2.43. The first-order chi connectivity index (χ1) is 18.6. The quantitative estimate of drug-likeness (QED) is 0.419. The molecule has 3 amide bonds. The maximum Gasteiger partial charge on any atom is 0.407 e. The molecule has 2 heterocycles. The highest BCUT2D eigenvalue weighted by Crippen LogP contribution is 2.53. The van der Waals surface area contributed by atoms with E-state index in [0.29, 0.717) is 67.2 Å². The van der Waals surface area contributed by atoms with Gasteiger partial charge in [0.05, 0.1) is 10.7 Å². The van der Waals surface area contributed by atoms with Gasteiger partial charge in [0.1, 0.15) is 17.2 Å². The summed E-state index contributed by atoms with van der Waals surface area (Å²) in [5.41, 5.74) is 7.66. The van der Waals surface area contributed by atoms with E-state index in [1.54, 1.807) is 7.05 Å². The SMILES string of the molecule is Cn1nc(C2CC3CC(CNC(=O)C4CCN(C(=O)O)CC4)CC3C2)c(C(=O)Nc2ccc(F)c(Cl)c2)c1N. The molecule has 12 heteroatoms. The number of piperidine rings is 1. The molecule has 10 nitrogen and oxygen atoms in total. The van der Waals surface area contributed by atoms with E-state index in [9.17, 15) is 18.8 Å². The highest BCUT2D eigenvalue weighted by atomic mass is 35.5. The van der Waals surface area contributed by atoms with Crippen molar-refractivity contribution in [3.8, 4) is 0 Å². The molecule has 0 radical (unpaired) electrons. The van der Waals surface area contributed by atoms with Crippen LogP contribution in [0.15, 0.2) is 18.2 Å². The fourth-order valence-corrected chi connectivity index (χ4v) is 6.88. The summed E-state index contributed by atoms with van der Waals surface area (Å²) in [6.45, 7) is 1.44. The third kappa shape index (κ3) is 5.68. The Balaban J connectivity index is 1.16. The van der Waals surface area contributed by atoms with Gasteiger partial charge in [0.25, 0.3) is 5.91 Å². The molecule has 1 aliphatic heterocycles. The third-order valence-corrected chi connectivity index (χ3v) is 9.01. The van der Waals surface area contributed by atoms with Crippen molar-refractivity contribution in [2.24, 2.45) is 30.7 Å². The number of nitrogen functional groups attached to an aromatic ring is 1. The van der Waals surface area contributed by atoms with Crippen molar-refractivity contribution < 1.29 is 23.9 Å². The Bertz CT molecular complexity index is 1260. The monoisotopic (exact) mass is 560 g/mol. The molecule has 0 spiro atoms. The molecule has 210 valence electrons. The lowest BCUT2D eigenvalue weighted by atomic mass is 9.93. The zero-order valence-corrected chi connectivity index (χ0v) is 22.6. The van der Waals surface area contributed by atoms with Crippen LogP contribution in [0.3, 0.4) is 0 Å². The first-order valence-electron chi connectivity index (χ1n) is 13.4. The molecular weight excluding hydrogens is 527 g/mol. The number of anilines is 2.